The molecule has 1 aromatic carbocycles. The van der Waals surface area contributed by atoms with Crippen molar-refractivity contribution in [3.8, 4) is 0 Å². The van der Waals surface area contributed by atoms with Gasteiger partial charge >= 0.3 is 0 Å². The van der Waals surface area contributed by atoms with E-state index < -0.39 is 0 Å². The number of hydrogen-bond acceptors (Lipinski definition) is 1. The number of amides is 1. The van der Waals surface area contributed by atoms with Crippen LogP contribution in [0.4, 0.5) is 4.39 Å². The lowest BCUT2D eigenvalue weighted by Crippen LogP contribution is -2.33. The second kappa shape index (κ2) is 8.31. The predicted octanol–water partition coefficient (Wildman–Crippen LogP) is 4.63. The van der Waals surface area contributed by atoms with E-state index in [0.717, 1.165) is 38.8 Å². The number of carbonyl (C=O) groups excluding carboxylic acids is 1. The van der Waals surface area contributed by atoms with Gasteiger partial charge in [0, 0.05) is 17.6 Å². The van der Waals surface area contributed by atoms with Crippen molar-refractivity contribution in [1.82, 2.24) is 4.90 Å². The van der Waals surface area contributed by atoms with Gasteiger partial charge < -0.3 is 4.90 Å². The molecule has 0 N–H and O–H groups in total. The minimum atomic E-state index is -0.336. The first-order chi connectivity index (χ1) is 9.10. The van der Waals surface area contributed by atoms with Crippen molar-refractivity contribution in [2.75, 3.05) is 13.1 Å². The van der Waals surface area contributed by atoms with Gasteiger partial charge in [-0.05, 0) is 47.0 Å². The number of hydrogen-bond donors (Lipinski definition) is 0. The molecule has 106 valence electrons. The summed E-state index contributed by atoms with van der Waals surface area (Å²) in [4.78, 5) is 14.3. The molecule has 0 bridgehead atoms. The lowest BCUT2D eigenvalue weighted by atomic mass is 10.1. The van der Waals surface area contributed by atoms with Gasteiger partial charge in [0.05, 0.1) is 5.56 Å². The van der Waals surface area contributed by atoms with Gasteiger partial charge in [0.15, 0.2) is 0 Å². The Labute approximate surface area is 123 Å². The predicted molar refractivity (Wildman–Crippen MR) is 79.8 cm³/mol. The molecule has 0 fully saturated rings. The van der Waals surface area contributed by atoms with Crippen molar-refractivity contribution in [3.05, 3.63) is 34.1 Å². The molecule has 1 aromatic rings. The Morgan fingerprint density at radius 1 is 1.21 bits per heavy atom. The number of nitrogens with zero attached hydrogens (tertiary/aromatic N) is 1. The Hall–Kier alpha value is -0.900. The molecule has 2 nitrogen and oxygen atoms in total. The fraction of sp³-hybridized carbons (Fsp3) is 0.533. The van der Waals surface area contributed by atoms with Gasteiger partial charge in [0.1, 0.15) is 5.82 Å². The molecule has 19 heavy (non-hydrogen) atoms. The van der Waals surface area contributed by atoms with E-state index >= 15 is 0 Å². The van der Waals surface area contributed by atoms with Crippen LogP contribution >= 0.6 is 15.9 Å². The molecule has 0 saturated heterocycles. The smallest absolute Gasteiger partial charge is 0.255 e. The number of rotatable bonds is 7. The van der Waals surface area contributed by atoms with E-state index in [4.69, 9.17) is 0 Å². The second-order valence-corrected chi connectivity index (χ2v) is 5.48. The molecule has 1 rings (SSSR count). The SMILES string of the molecule is CCCCN(CCCC)C(=O)c1ccc(F)cc1Br. The van der Waals surface area contributed by atoms with Gasteiger partial charge in [-0.1, -0.05) is 26.7 Å². The zero-order valence-electron chi connectivity index (χ0n) is 11.6. The fourth-order valence-electron chi connectivity index (χ4n) is 1.85. The zero-order valence-corrected chi connectivity index (χ0v) is 13.2. The van der Waals surface area contributed by atoms with Crippen LogP contribution in [0, 0.1) is 5.82 Å². The highest BCUT2D eigenvalue weighted by Crippen LogP contribution is 2.20. The maximum Gasteiger partial charge on any atom is 0.255 e. The first-order valence-electron chi connectivity index (χ1n) is 6.84. The standard InChI is InChI=1S/C15H21BrFNO/c1-3-5-9-18(10-6-4-2)15(19)13-8-7-12(17)11-14(13)16/h7-8,11H,3-6,9-10H2,1-2H3. The van der Waals surface area contributed by atoms with Gasteiger partial charge in [0.2, 0.25) is 0 Å². The maximum atomic E-state index is 13.1. The van der Waals surface area contributed by atoms with Crippen molar-refractivity contribution in [3.63, 3.8) is 0 Å². The summed E-state index contributed by atoms with van der Waals surface area (Å²) in [6.07, 6.45) is 4.10. The highest BCUT2D eigenvalue weighted by molar-refractivity contribution is 9.10. The summed E-state index contributed by atoms with van der Waals surface area (Å²) in [6, 6.07) is 4.22. The molecule has 0 spiro atoms. The van der Waals surface area contributed by atoms with Crippen molar-refractivity contribution in [2.24, 2.45) is 0 Å². The summed E-state index contributed by atoms with van der Waals surface area (Å²) in [7, 11) is 0. The van der Waals surface area contributed by atoms with Crippen LogP contribution < -0.4 is 0 Å². The molecule has 1 amide bonds. The lowest BCUT2D eigenvalue weighted by Gasteiger charge is -2.23. The van der Waals surface area contributed by atoms with E-state index in [1.54, 1.807) is 6.07 Å². The summed E-state index contributed by atoms with van der Waals surface area (Å²) in [5.41, 5.74) is 0.536. The van der Waals surface area contributed by atoms with Crippen LogP contribution in [0.5, 0.6) is 0 Å². The third kappa shape index (κ3) is 4.94. The minimum Gasteiger partial charge on any atom is -0.339 e. The highest BCUT2D eigenvalue weighted by Gasteiger charge is 2.17. The first-order valence-corrected chi connectivity index (χ1v) is 7.63. The van der Waals surface area contributed by atoms with Crippen LogP contribution in [0.25, 0.3) is 0 Å². The molecule has 0 aliphatic carbocycles. The van der Waals surface area contributed by atoms with Crippen LogP contribution in [0.2, 0.25) is 0 Å². The van der Waals surface area contributed by atoms with E-state index in [2.05, 4.69) is 29.8 Å². The third-order valence-corrected chi connectivity index (χ3v) is 3.67. The van der Waals surface area contributed by atoms with Crippen LogP contribution in [0.1, 0.15) is 49.9 Å². The Morgan fingerprint density at radius 3 is 2.26 bits per heavy atom. The quantitative estimate of drug-likeness (QED) is 0.714. The molecular formula is C15H21BrFNO. The highest BCUT2D eigenvalue weighted by atomic mass is 79.9. The molecule has 0 aliphatic heterocycles. The Balaban J connectivity index is 2.84. The molecule has 0 unspecified atom stereocenters. The lowest BCUT2D eigenvalue weighted by molar-refractivity contribution is 0.0750. The van der Waals surface area contributed by atoms with Gasteiger partial charge in [0.25, 0.3) is 5.91 Å². The number of halogens is 2. The molecule has 0 radical (unpaired) electrons. The topological polar surface area (TPSA) is 20.3 Å². The van der Waals surface area contributed by atoms with Crippen molar-refractivity contribution >= 4 is 21.8 Å². The van der Waals surface area contributed by atoms with Gasteiger partial charge in [-0.3, -0.25) is 4.79 Å². The van der Waals surface area contributed by atoms with E-state index in [1.807, 2.05) is 4.90 Å². The number of unbranched alkanes of at least 4 members (excludes halogenated alkanes) is 2. The first kappa shape index (κ1) is 16.2. The second-order valence-electron chi connectivity index (χ2n) is 4.62. The average Bonchev–Trinajstić information content (AvgIpc) is 2.38. The summed E-state index contributed by atoms with van der Waals surface area (Å²) in [6.45, 7) is 5.74. The Kier molecular flexibility index (Phi) is 7.06. The van der Waals surface area contributed by atoms with Crippen molar-refractivity contribution in [1.29, 1.82) is 0 Å². The summed E-state index contributed by atoms with van der Waals surface area (Å²) in [5, 5.41) is 0. The van der Waals surface area contributed by atoms with Crippen molar-refractivity contribution in [2.45, 2.75) is 39.5 Å². The van der Waals surface area contributed by atoms with Gasteiger partial charge in [-0.2, -0.15) is 0 Å². The van der Waals surface area contributed by atoms with Gasteiger partial charge in [-0.15, -0.1) is 0 Å². The summed E-state index contributed by atoms with van der Waals surface area (Å²) >= 11 is 3.26. The monoisotopic (exact) mass is 329 g/mol. The number of carbonyl (C=O) groups is 1. The normalized spacial score (nSPS) is 10.5. The van der Waals surface area contributed by atoms with Crippen LogP contribution in [-0.2, 0) is 0 Å². The third-order valence-electron chi connectivity index (χ3n) is 3.01. The molecule has 4 heteroatoms. The van der Waals surface area contributed by atoms with E-state index in [-0.39, 0.29) is 11.7 Å². The molecule has 0 aromatic heterocycles. The van der Waals surface area contributed by atoms with Crippen LogP contribution in [-0.4, -0.2) is 23.9 Å². The summed E-state index contributed by atoms with van der Waals surface area (Å²) in [5.74, 6) is -0.356. The molecular weight excluding hydrogens is 309 g/mol. The van der Waals surface area contributed by atoms with E-state index in [0.29, 0.717) is 10.0 Å². The fourth-order valence-corrected chi connectivity index (χ4v) is 2.37. The Bertz CT molecular complexity index is 415. The maximum absolute atomic E-state index is 13.1. The summed E-state index contributed by atoms with van der Waals surface area (Å²) < 4.78 is 13.6. The zero-order chi connectivity index (χ0) is 14.3. The van der Waals surface area contributed by atoms with E-state index in [9.17, 15) is 9.18 Å². The van der Waals surface area contributed by atoms with Crippen LogP contribution in [0.3, 0.4) is 0 Å². The number of benzene rings is 1. The van der Waals surface area contributed by atoms with Crippen molar-refractivity contribution < 1.29 is 9.18 Å². The molecule has 0 saturated carbocycles. The van der Waals surface area contributed by atoms with E-state index in [1.165, 1.54) is 12.1 Å². The molecule has 0 aliphatic rings. The minimum absolute atomic E-state index is 0.0197. The molecule has 0 atom stereocenters. The van der Waals surface area contributed by atoms with Crippen LogP contribution in [0.15, 0.2) is 22.7 Å². The Morgan fingerprint density at radius 2 is 1.79 bits per heavy atom. The van der Waals surface area contributed by atoms with Gasteiger partial charge in [-0.25, -0.2) is 4.39 Å². The molecule has 0 heterocycles. The largest absolute Gasteiger partial charge is 0.339 e. The average molecular weight is 330 g/mol.